The van der Waals surface area contributed by atoms with E-state index in [1.54, 1.807) is 0 Å². The molecule has 0 aliphatic heterocycles. The summed E-state index contributed by atoms with van der Waals surface area (Å²) in [5.74, 6) is 0. The van der Waals surface area contributed by atoms with Crippen LogP contribution in [0.2, 0.25) is 0 Å². The van der Waals surface area contributed by atoms with Gasteiger partial charge in [-0.1, -0.05) is 46.0 Å². The molecule has 0 aromatic rings. The Morgan fingerprint density at radius 1 is 0.875 bits per heavy atom. The Labute approximate surface area is 72.2 Å². The first-order valence-corrected chi connectivity index (χ1v) is 3.41. The first-order valence-electron chi connectivity index (χ1n) is 3.41. The summed E-state index contributed by atoms with van der Waals surface area (Å²) in [6.45, 7) is 4.49. The summed E-state index contributed by atoms with van der Waals surface area (Å²) in [6.07, 6.45) is 7.01. The van der Waals surface area contributed by atoms with E-state index in [4.69, 9.17) is 0 Å². The maximum absolute atomic E-state index is 2.25. The second kappa shape index (κ2) is 10.7. The molecule has 0 spiro atoms. The molecule has 0 aromatic heterocycles. The minimum atomic E-state index is 0. The Balaban J connectivity index is -0.0000000600. The van der Waals surface area contributed by atoms with E-state index in [1.165, 1.54) is 32.1 Å². The quantitative estimate of drug-likeness (QED) is 0.401. The summed E-state index contributed by atoms with van der Waals surface area (Å²) in [5, 5.41) is 0. The van der Waals surface area contributed by atoms with Crippen molar-refractivity contribution in [1.29, 1.82) is 0 Å². The maximum atomic E-state index is 2.25. The van der Waals surface area contributed by atoms with Gasteiger partial charge in [0, 0.05) is 0 Å². The summed E-state index contributed by atoms with van der Waals surface area (Å²) in [7, 11) is 0. The standard InChI is InChI=1S/C7H16.Mg.2H/c1-3-5-7-6-4-2;;;/h3-7H2,1-2H3;;;/q;+2;2*-1. The minimum Gasteiger partial charge on any atom is -1.00 e. The van der Waals surface area contributed by atoms with Crippen LogP contribution in [0.25, 0.3) is 0 Å². The van der Waals surface area contributed by atoms with Crippen molar-refractivity contribution in [3.8, 4) is 0 Å². The van der Waals surface area contributed by atoms with Crippen LogP contribution in [-0.2, 0) is 0 Å². The van der Waals surface area contributed by atoms with Crippen LogP contribution in [0, 0.1) is 0 Å². The van der Waals surface area contributed by atoms with Crippen molar-refractivity contribution in [1.82, 2.24) is 0 Å². The van der Waals surface area contributed by atoms with Gasteiger partial charge < -0.3 is 2.85 Å². The van der Waals surface area contributed by atoms with Crippen LogP contribution in [0.1, 0.15) is 48.8 Å². The van der Waals surface area contributed by atoms with Crippen LogP contribution < -0.4 is 0 Å². The fraction of sp³-hybridized carbons (Fsp3) is 1.00. The van der Waals surface area contributed by atoms with Gasteiger partial charge in [0.05, 0.1) is 0 Å². The number of hydrogen-bond acceptors (Lipinski definition) is 0. The SMILES string of the molecule is CCCCCCC.[H-].[H-].[Mg+2]. The molecule has 0 nitrogen and oxygen atoms in total. The predicted molar refractivity (Wildman–Crippen MR) is 42.4 cm³/mol. The third-order valence-corrected chi connectivity index (χ3v) is 1.21. The zero-order chi connectivity index (χ0) is 5.54. The summed E-state index contributed by atoms with van der Waals surface area (Å²) in [5.41, 5.74) is 0. The van der Waals surface area contributed by atoms with Crippen LogP contribution >= 0.6 is 0 Å². The Kier molecular flexibility index (Phi) is 15.4. The first kappa shape index (κ1) is 11.5. The average molecular weight is 127 g/mol. The van der Waals surface area contributed by atoms with Gasteiger partial charge in [-0.2, -0.15) is 0 Å². The number of rotatable bonds is 4. The summed E-state index contributed by atoms with van der Waals surface area (Å²) >= 11 is 0. The Morgan fingerprint density at radius 2 is 1.25 bits per heavy atom. The number of hydrogen-bond donors (Lipinski definition) is 0. The number of unbranched alkanes of at least 4 members (excludes halogenated alkanes) is 4. The van der Waals surface area contributed by atoms with E-state index in [1.807, 2.05) is 0 Å². The molecule has 0 aliphatic rings. The molecule has 0 fully saturated rings. The molecule has 0 amide bonds. The van der Waals surface area contributed by atoms with Gasteiger partial charge >= 0.3 is 23.1 Å². The summed E-state index contributed by atoms with van der Waals surface area (Å²) < 4.78 is 0. The van der Waals surface area contributed by atoms with Crippen molar-refractivity contribution < 1.29 is 2.85 Å². The van der Waals surface area contributed by atoms with Gasteiger partial charge in [0.25, 0.3) is 0 Å². The molecule has 0 rings (SSSR count). The van der Waals surface area contributed by atoms with Crippen LogP contribution in [0.4, 0.5) is 0 Å². The molecule has 0 radical (unpaired) electrons. The molecule has 48 valence electrons. The molecule has 0 saturated heterocycles. The molecule has 0 aromatic carbocycles. The monoisotopic (exact) mass is 126 g/mol. The van der Waals surface area contributed by atoms with Gasteiger partial charge in [-0.05, 0) is 0 Å². The van der Waals surface area contributed by atoms with E-state index < -0.39 is 0 Å². The second-order valence-electron chi connectivity index (χ2n) is 2.06. The zero-order valence-corrected chi connectivity index (χ0v) is 7.66. The summed E-state index contributed by atoms with van der Waals surface area (Å²) in [6, 6.07) is 0. The smallest absolute Gasteiger partial charge is 1.00 e. The fourth-order valence-electron chi connectivity index (χ4n) is 0.677. The van der Waals surface area contributed by atoms with Gasteiger partial charge in [-0.25, -0.2) is 0 Å². The molecule has 0 aliphatic carbocycles. The minimum absolute atomic E-state index is 0. The Bertz CT molecular complexity index is 30.8. The van der Waals surface area contributed by atoms with Gasteiger partial charge in [0.1, 0.15) is 0 Å². The Hall–Kier alpha value is 0.766. The van der Waals surface area contributed by atoms with E-state index in [-0.39, 0.29) is 25.9 Å². The van der Waals surface area contributed by atoms with Crippen LogP contribution in [0.3, 0.4) is 0 Å². The fourth-order valence-corrected chi connectivity index (χ4v) is 0.677. The van der Waals surface area contributed by atoms with Crippen LogP contribution in [-0.4, -0.2) is 23.1 Å². The van der Waals surface area contributed by atoms with Crippen molar-refractivity contribution in [2.45, 2.75) is 46.0 Å². The van der Waals surface area contributed by atoms with E-state index in [0.717, 1.165) is 0 Å². The van der Waals surface area contributed by atoms with E-state index >= 15 is 0 Å². The molecule has 8 heavy (non-hydrogen) atoms. The molecule has 0 heterocycles. The molecule has 0 N–H and O–H groups in total. The largest absolute Gasteiger partial charge is 2.00 e. The second-order valence-corrected chi connectivity index (χ2v) is 2.06. The third-order valence-electron chi connectivity index (χ3n) is 1.21. The van der Waals surface area contributed by atoms with Crippen molar-refractivity contribution in [3.05, 3.63) is 0 Å². The topological polar surface area (TPSA) is 0 Å². The predicted octanol–water partition coefficient (Wildman–Crippen LogP) is 2.82. The van der Waals surface area contributed by atoms with E-state index in [9.17, 15) is 0 Å². The van der Waals surface area contributed by atoms with Crippen molar-refractivity contribution >= 4 is 23.1 Å². The molecular weight excluding hydrogens is 108 g/mol. The molecule has 0 atom stereocenters. The molecule has 0 bridgehead atoms. The third kappa shape index (κ3) is 9.90. The maximum Gasteiger partial charge on any atom is 2.00 e. The molecule has 0 saturated carbocycles. The van der Waals surface area contributed by atoms with Gasteiger partial charge in [0.15, 0.2) is 0 Å². The van der Waals surface area contributed by atoms with Crippen LogP contribution in [0.15, 0.2) is 0 Å². The Morgan fingerprint density at radius 3 is 1.50 bits per heavy atom. The molecular formula is C7H18Mg. The van der Waals surface area contributed by atoms with Gasteiger partial charge in [0.2, 0.25) is 0 Å². The molecule has 1 heteroatoms. The van der Waals surface area contributed by atoms with Crippen LogP contribution in [0.5, 0.6) is 0 Å². The van der Waals surface area contributed by atoms with Crippen molar-refractivity contribution in [2.75, 3.05) is 0 Å². The van der Waals surface area contributed by atoms with Crippen molar-refractivity contribution in [2.24, 2.45) is 0 Å². The zero-order valence-electron chi connectivity index (χ0n) is 8.24. The first-order chi connectivity index (χ1) is 3.41. The van der Waals surface area contributed by atoms with E-state index in [0.29, 0.717) is 0 Å². The van der Waals surface area contributed by atoms with Gasteiger partial charge in [-0.3, -0.25) is 0 Å². The van der Waals surface area contributed by atoms with E-state index in [2.05, 4.69) is 13.8 Å². The van der Waals surface area contributed by atoms with Gasteiger partial charge in [-0.15, -0.1) is 0 Å². The molecule has 0 unspecified atom stereocenters. The summed E-state index contributed by atoms with van der Waals surface area (Å²) in [4.78, 5) is 0. The van der Waals surface area contributed by atoms with Crippen molar-refractivity contribution in [3.63, 3.8) is 0 Å². The average Bonchev–Trinajstić information content (AvgIpc) is 1.69. The normalized spacial score (nSPS) is 8.25.